The first-order chi connectivity index (χ1) is 10.7. The molecule has 114 valence electrons. The van der Waals surface area contributed by atoms with Crippen LogP contribution >= 0.6 is 15.9 Å². The topological polar surface area (TPSA) is 42.4 Å². The highest BCUT2D eigenvalue weighted by Crippen LogP contribution is 2.30. The third-order valence-electron chi connectivity index (χ3n) is 3.71. The molecule has 1 aromatic carbocycles. The van der Waals surface area contributed by atoms with Gasteiger partial charge in [0.25, 0.3) is 5.91 Å². The molecule has 0 radical (unpaired) electrons. The first-order valence-corrected chi connectivity index (χ1v) is 8.01. The Labute approximate surface area is 138 Å². The monoisotopic (exact) mass is 360 g/mol. The van der Waals surface area contributed by atoms with E-state index in [0.717, 1.165) is 28.6 Å². The Hall–Kier alpha value is -1.88. The Morgan fingerprint density at radius 2 is 2.05 bits per heavy atom. The average molecular weight is 361 g/mol. The molecule has 0 saturated heterocycles. The van der Waals surface area contributed by atoms with E-state index in [-0.39, 0.29) is 5.91 Å². The summed E-state index contributed by atoms with van der Waals surface area (Å²) in [4.78, 5) is 18.8. The predicted molar refractivity (Wildman–Crippen MR) is 87.8 cm³/mol. The second-order valence-corrected chi connectivity index (χ2v) is 6.32. The second kappa shape index (κ2) is 6.48. The molecule has 22 heavy (non-hydrogen) atoms. The van der Waals surface area contributed by atoms with Gasteiger partial charge in [-0.2, -0.15) is 0 Å². The summed E-state index contributed by atoms with van der Waals surface area (Å²) in [6, 6.07) is 10.0. The van der Waals surface area contributed by atoms with Crippen LogP contribution in [0.2, 0.25) is 0 Å². The molecule has 3 rings (SSSR count). The summed E-state index contributed by atoms with van der Waals surface area (Å²) in [5, 5.41) is 0. The van der Waals surface area contributed by atoms with Crippen LogP contribution in [0.15, 0.2) is 47.2 Å². The van der Waals surface area contributed by atoms with Gasteiger partial charge < -0.3 is 9.64 Å². The third kappa shape index (κ3) is 3.47. The number of pyridine rings is 1. The number of aromatic nitrogens is 1. The van der Waals surface area contributed by atoms with Crippen LogP contribution in [-0.2, 0) is 6.54 Å². The Morgan fingerprint density at radius 1 is 1.32 bits per heavy atom. The zero-order chi connectivity index (χ0) is 15.5. The lowest BCUT2D eigenvalue weighted by Crippen LogP contribution is -2.32. The minimum atomic E-state index is 0.0344. The highest BCUT2D eigenvalue weighted by atomic mass is 79.9. The lowest BCUT2D eigenvalue weighted by Gasteiger charge is -2.22. The molecule has 5 heteroatoms. The number of halogens is 1. The van der Waals surface area contributed by atoms with E-state index >= 15 is 0 Å². The molecule has 1 heterocycles. The van der Waals surface area contributed by atoms with Crippen LogP contribution in [0.1, 0.15) is 28.8 Å². The van der Waals surface area contributed by atoms with Crippen molar-refractivity contribution >= 4 is 21.8 Å². The van der Waals surface area contributed by atoms with Crippen LogP contribution in [0.3, 0.4) is 0 Å². The van der Waals surface area contributed by atoms with Gasteiger partial charge in [0.1, 0.15) is 5.75 Å². The van der Waals surface area contributed by atoms with E-state index < -0.39 is 0 Å². The van der Waals surface area contributed by atoms with E-state index in [1.807, 2.05) is 35.2 Å². The number of ether oxygens (including phenoxy) is 1. The van der Waals surface area contributed by atoms with Crippen LogP contribution in [-0.4, -0.2) is 28.9 Å². The molecule has 0 spiro atoms. The fourth-order valence-corrected chi connectivity index (χ4v) is 2.74. The molecule has 1 fully saturated rings. The Balaban J connectivity index is 1.79. The number of nitrogens with zero attached hydrogens (tertiary/aromatic N) is 2. The largest absolute Gasteiger partial charge is 0.497 e. The van der Waals surface area contributed by atoms with Crippen molar-refractivity contribution in [3.05, 3.63) is 58.3 Å². The van der Waals surface area contributed by atoms with E-state index in [0.29, 0.717) is 18.2 Å². The summed E-state index contributed by atoms with van der Waals surface area (Å²) in [5.74, 6) is 0.858. The smallest absolute Gasteiger partial charge is 0.256 e. The van der Waals surface area contributed by atoms with Crippen molar-refractivity contribution in [2.75, 3.05) is 7.11 Å². The number of amides is 1. The highest BCUT2D eigenvalue weighted by Gasteiger charge is 2.33. The van der Waals surface area contributed by atoms with E-state index in [2.05, 4.69) is 20.9 Å². The summed E-state index contributed by atoms with van der Waals surface area (Å²) in [6.45, 7) is 0.611. The van der Waals surface area contributed by atoms with Crippen molar-refractivity contribution in [1.82, 2.24) is 9.88 Å². The highest BCUT2D eigenvalue weighted by molar-refractivity contribution is 9.10. The molecule has 2 aromatic rings. The van der Waals surface area contributed by atoms with Crippen molar-refractivity contribution in [3.8, 4) is 5.75 Å². The van der Waals surface area contributed by atoms with Crippen LogP contribution in [0.4, 0.5) is 0 Å². The number of hydrogen-bond donors (Lipinski definition) is 0. The maximum atomic E-state index is 12.7. The Morgan fingerprint density at radius 3 is 2.64 bits per heavy atom. The van der Waals surface area contributed by atoms with E-state index in [1.54, 1.807) is 19.5 Å². The molecule has 0 N–H and O–H groups in total. The second-order valence-electron chi connectivity index (χ2n) is 5.40. The lowest BCUT2D eigenvalue weighted by atomic mass is 10.1. The number of methoxy groups -OCH3 is 1. The fourth-order valence-electron chi connectivity index (χ4n) is 2.38. The van der Waals surface area contributed by atoms with Gasteiger partial charge in [0.05, 0.1) is 12.7 Å². The summed E-state index contributed by atoms with van der Waals surface area (Å²) in [6.07, 6.45) is 5.45. The zero-order valence-electron chi connectivity index (χ0n) is 12.3. The number of carbonyl (C=O) groups excluding carboxylic acids is 1. The van der Waals surface area contributed by atoms with Gasteiger partial charge in [0.2, 0.25) is 0 Å². The normalized spacial score (nSPS) is 13.7. The first kappa shape index (κ1) is 15.0. The SMILES string of the molecule is COc1ccc(CN(C(=O)c2cncc(Br)c2)C2CC2)cc1. The Bertz CT molecular complexity index is 669. The predicted octanol–water partition coefficient (Wildman–Crippen LogP) is 3.66. The van der Waals surface area contributed by atoms with Gasteiger partial charge in [0, 0.05) is 29.5 Å². The van der Waals surface area contributed by atoms with Crippen LogP contribution < -0.4 is 4.74 Å². The molecule has 1 amide bonds. The summed E-state index contributed by atoms with van der Waals surface area (Å²) in [5.41, 5.74) is 1.72. The maximum Gasteiger partial charge on any atom is 0.256 e. The number of hydrogen-bond acceptors (Lipinski definition) is 3. The molecular weight excluding hydrogens is 344 g/mol. The number of benzene rings is 1. The summed E-state index contributed by atoms with van der Waals surface area (Å²) in [7, 11) is 1.65. The van der Waals surface area contributed by atoms with Gasteiger partial charge in [0.15, 0.2) is 0 Å². The molecule has 1 aliphatic carbocycles. The first-order valence-electron chi connectivity index (χ1n) is 7.22. The molecule has 1 saturated carbocycles. The molecule has 0 aliphatic heterocycles. The van der Waals surface area contributed by atoms with Crippen LogP contribution in [0, 0.1) is 0 Å². The molecular formula is C17H17BrN2O2. The van der Waals surface area contributed by atoms with Gasteiger partial charge in [-0.25, -0.2) is 0 Å². The van der Waals surface area contributed by atoms with E-state index in [9.17, 15) is 4.79 Å². The summed E-state index contributed by atoms with van der Waals surface area (Å²) < 4.78 is 5.99. The van der Waals surface area contributed by atoms with E-state index in [1.165, 1.54) is 0 Å². The molecule has 0 atom stereocenters. The molecule has 0 bridgehead atoms. The van der Waals surface area contributed by atoms with Crippen molar-refractivity contribution in [2.45, 2.75) is 25.4 Å². The lowest BCUT2D eigenvalue weighted by molar-refractivity contribution is 0.0729. The maximum absolute atomic E-state index is 12.7. The van der Waals surface area contributed by atoms with E-state index in [4.69, 9.17) is 4.74 Å². The zero-order valence-corrected chi connectivity index (χ0v) is 13.9. The van der Waals surface area contributed by atoms with Crippen molar-refractivity contribution in [2.24, 2.45) is 0 Å². The van der Waals surface area contributed by atoms with Crippen molar-refractivity contribution in [1.29, 1.82) is 0 Å². The van der Waals surface area contributed by atoms with Gasteiger partial charge in [-0.05, 0) is 52.5 Å². The minimum absolute atomic E-state index is 0.0344. The van der Waals surface area contributed by atoms with Gasteiger partial charge in [-0.1, -0.05) is 12.1 Å². The van der Waals surface area contributed by atoms with Gasteiger partial charge in [-0.3, -0.25) is 9.78 Å². The molecule has 1 aromatic heterocycles. The quantitative estimate of drug-likeness (QED) is 0.816. The molecule has 0 unspecified atom stereocenters. The van der Waals surface area contributed by atoms with Gasteiger partial charge in [-0.15, -0.1) is 0 Å². The fraction of sp³-hybridized carbons (Fsp3) is 0.294. The third-order valence-corrected chi connectivity index (χ3v) is 4.15. The average Bonchev–Trinajstić information content (AvgIpc) is 3.37. The molecule has 1 aliphatic rings. The van der Waals surface area contributed by atoms with Crippen LogP contribution in [0.5, 0.6) is 5.75 Å². The standard InChI is InChI=1S/C17H17BrN2O2/c1-22-16-6-2-12(3-7-16)11-20(15-4-5-15)17(21)13-8-14(18)10-19-9-13/h2-3,6-10,15H,4-5,11H2,1H3. The number of carbonyl (C=O) groups is 1. The van der Waals surface area contributed by atoms with Crippen molar-refractivity contribution < 1.29 is 9.53 Å². The minimum Gasteiger partial charge on any atom is -0.497 e. The molecule has 4 nitrogen and oxygen atoms in total. The van der Waals surface area contributed by atoms with Crippen LogP contribution in [0.25, 0.3) is 0 Å². The Kier molecular flexibility index (Phi) is 4.43. The number of rotatable bonds is 5. The van der Waals surface area contributed by atoms with Crippen molar-refractivity contribution in [3.63, 3.8) is 0 Å². The van der Waals surface area contributed by atoms with Gasteiger partial charge >= 0.3 is 0 Å². The summed E-state index contributed by atoms with van der Waals surface area (Å²) >= 11 is 3.37.